The highest BCUT2D eigenvalue weighted by Gasteiger charge is 2.36. The number of aliphatic hydroxyl groups is 1. The molecule has 1 aliphatic heterocycles. The summed E-state index contributed by atoms with van der Waals surface area (Å²) in [6.07, 6.45) is -0.421. The monoisotopic (exact) mass is 373 g/mol. The van der Waals surface area contributed by atoms with Gasteiger partial charge in [-0.05, 0) is 28.1 Å². The van der Waals surface area contributed by atoms with Crippen LogP contribution in [-0.4, -0.2) is 50.0 Å². The lowest BCUT2D eigenvalue weighted by atomic mass is 10.2. The highest BCUT2D eigenvalue weighted by Crippen LogP contribution is 2.30. The van der Waals surface area contributed by atoms with Gasteiger partial charge in [-0.15, -0.1) is 21.5 Å². The van der Waals surface area contributed by atoms with Crippen LogP contribution in [0.4, 0.5) is 0 Å². The molecule has 2 N–H and O–H groups in total. The van der Waals surface area contributed by atoms with Crippen LogP contribution in [0.15, 0.2) is 20.3 Å². The second-order valence-corrected chi connectivity index (χ2v) is 7.24. The van der Waals surface area contributed by atoms with Crippen molar-refractivity contribution in [2.45, 2.75) is 25.1 Å². The van der Waals surface area contributed by atoms with Gasteiger partial charge in [0.2, 0.25) is 5.89 Å². The van der Waals surface area contributed by atoms with Crippen LogP contribution in [0.1, 0.15) is 12.3 Å². The van der Waals surface area contributed by atoms with Crippen LogP contribution in [0.2, 0.25) is 0 Å². The fourth-order valence-corrected chi connectivity index (χ4v) is 3.64. The Morgan fingerprint density at radius 3 is 3.00 bits per heavy atom. The number of aromatic nitrogens is 2. The Morgan fingerprint density at radius 1 is 1.52 bits per heavy atom. The normalized spacial score (nSPS) is 22.8. The van der Waals surface area contributed by atoms with Crippen LogP contribution in [0.3, 0.4) is 0 Å². The lowest BCUT2D eigenvalue weighted by molar-refractivity contribution is -0.142. The van der Waals surface area contributed by atoms with Crippen LogP contribution < -0.4 is 0 Å². The molecule has 0 radical (unpaired) electrons. The summed E-state index contributed by atoms with van der Waals surface area (Å²) in [6.45, 7) is 0.507. The van der Waals surface area contributed by atoms with E-state index in [0.29, 0.717) is 18.3 Å². The Morgan fingerprint density at radius 2 is 2.33 bits per heavy atom. The van der Waals surface area contributed by atoms with Crippen molar-refractivity contribution in [3.8, 4) is 10.8 Å². The number of nitrogens with zero attached hydrogens (tertiary/aromatic N) is 3. The average molecular weight is 374 g/mol. The van der Waals surface area contributed by atoms with E-state index in [1.807, 2.05) is 12.1 Å². The van der Waals surface area contributed by atoms with Gasteiger partial charge in [0.25, 0.3) is 5.89 Å². The van der Waals surface area contributed by atoms with Crippen LogP contribution in [0.5, 0.6) is 0 Å². The van der Waals surface area contributed by atoms with Crippen molar-refractivity contribution >= 4 is 33.2 Å². The van der Waals surface area contributed by atoms with Crippen molar-refractivity contribution in [1.29, 1.82) is 0 Å². The van der Waals surface area contributed by atoms with E-state index in [0.717, 1.165) is 8.66 Å². The van der Waals surface area contributed by atoms with Crippen LogP contribution in [0.25, 0.3) is 10.8 Å². The molecule has 2 aromatic heterocycles. The number of β-amino-alcohol motifs (C(OH)–C–C–N with tert-alkyl or cyclic N) is 1. The van der Waals surface area contributed by atoms with E-state index < -0.39 is 18.1 Å². The van der Waals surface area contributed by atoms with Crippen molar-refractivity contribution in [2.24, 2.45) is 0 Å². The van der Waals surface area contributed by atoms with Crippen LogP contribution in [-0.2, 0) is 11.3 Å². The minimum absolute atomic E-state index is 0.216. The number of carboxylic acid groups (broad SMARTS) is 1. The predicted octanol–water partition coefficient (Wildman–Crippen LogP) is 1.58. The first kappa shape index (κ1) is 14.6. The van der Waals surface area contributed by atoms with E-state index in [1.54, 1.807) is 4.90 Å². The first-order chi connectivity index (χ1) is 10.0. The van der Waals surface area contributed by atoms with Gasteiger partial charge in [-0.2, -0.15) is 0 Å². The third-order valence-electron chi connectivity index (χ3n) is 3.26. The summed E-state index contributed by atoms with van der Waals surface area (Å²) in [5.41, 5.74) is 0. The molecule has 2 unspecified atom stereocenters. The van der Waals surface area contributed by atoms with E-state index in [9.17, 15) is 9.90 Å². The molecule has 112 valence electrons. The molecular formula is C12H12BrN3O4S. The topological polar surface area (TPSA) is 99.7 Å². The number of carbonyl (C=O) groups is 1. The molecular weight excluding hydrogens is 362 g/mol. The highest BCUT2D eigenvalue weighted by atomic mass is 79.9. The Kier molecular flexibility index (Phi) is 4.07. The number of aliphatic carboxylic acids is 1. The van der Waals surface area contributed by atoms with Gasteiger partial charge in [-0.25, -0.2) is 0 Å². The molecule has 3 rings (SSSR count). The average Bonchev–Trinajstić information content (AvgIpc) is 3.10. The Bertz CT molecular complexity index is 658. The summed E-state index contributed by atoms with van der Waals surface area (Å²) in [5, 5.41) is 26.7. The third kappa shape index (κ3) is 3.15. The molecule has 3 heterocycles. The molecule has 0 saturated carbocycles. The smallest absolute Gasteiger partial charge is 0.321 e. The summed E-state index contributed by atoms with van der Waals surface area (Å²) in [6, 6.07) is 3.04. The molecule has 0 amide bonds. The predicted molar refractivity (Wildman–Crippen MR) is 77.8 cm³/mol. The van der Waals surface area contributed by atoms with Gasteiger partial charge in [-0.1, -0.05) is 0 Å². The fourth-order valence-electron chi connectivity index (χ4n) is 2.33. The maximum atomic E-state index is 11.2. The molecule has 1 fully saturated rings. The maximum absolute atomic E-state index is 11.2. The van der Waals surface area contributed by atoms with Gasteiger partial charge in [0.05, 0.1) is 21.3 Å². The molecule has 0 aromatic carbocycles. The van der Waals surface area contributed by atoms with Gasteiger partial charge < -0.3 is 14.6 Å². The zero-order valence-electron chi connectivity index (χ0n) is 10.8. The molecule has 0 bridgehead atoms. The SMILES string of the molecule is O=C(O)C1CC(O)CN1Cc1nnc(-c2ccc(Br)s2)o1. The van der Waals surface area contributed by atoms with Crippen molar-refractivity contribution in [3.63, 3.8) is 0 Å². The molecule has 7 nitrogen and oxygen atoms in total. The van der Waals surface area contributed by atoms with Crippen molar-refractivity contribution in [3.05, 3.63) is 21.8 Å². The van der Waals surface area contributed by atoms with Gasteiger partial charge in [0.1, 0.15) is 6.04 Å². The summed E-state index contributed by atoms with van der Waals surface area (Å²) < 4.78 is 6.52. The molecule has 2 aromatic rings. The first-order valence-electron chi connectivity index (χ1n) is 6.26. The zero-order chi connectivity index (χ0) is 15.0. The maximum Gasteiger partial charge on any atom is 0.321 e. The number of rotatable bonds is 4. The summed E-state index contributed by atoms with van der Waals surface area (Å²) in [4.78, 5) is 13.6. The number of aliphatic hydroxyl groups excluding tert-OH is 1. The molecule has 1 saturated heterocycles. The van der Waals surface area contributed by atoms with Gasteiger partial charge in [0.15, 0.2) is 0 Å². The first-order valence-corrected chi connectivity index (χ1v) is 7.87. The van der Waals surface area contributed by atoms with Crippen LogP contribution in [0, 0.1) is 0 Å². The fraction of sp³-hybridized carbons (Fsp3) is 0.417. The molecule has 2 atom stereocenters. The van der Waals surface area contributed by atoms with Crippen molar-refractivity contribution in [1.82, 2.24) is 15.1 Å². The van der Waals surface area contributed by atoms with E-state index in [2.05, 4.69) is 26.1 Å². The highest BCUT2D eigenvalue weighted by molar-refractivity contribution is 9.11. The van der Waals surface area contributed by atoms with E-state index in [-0.39, 0.29) is 13.0 Å². The lowest BCUT2D eigenvalue weighted by Crippen LogP contribution is -2.35. The molecule has 0 aliphatic carbocycles. The van der Waals surface area contributed by atoms with Crippen molar-refractivity contribution < 1.29 is 19.4 Å². The standard InChI is InChI=1S/C12H12BrN3O4S/c13-9-2-1-8(21-9)11-15-14-10(20-11)5-16-4-6(17)3-7(16)12(18)19/h1-2,6-7,17H,3-5H2,(H,18,19). The van der Waals surface area contributed by atoms with Crippen molar-refractivity contribution in [2.75, 3.05) is 6.54 Å². The Hall–Kier alpha value is -1.29. The Labute approximate surface area is 132 Å². The zero-order valence-corrected chi connectivity index (χ0v) is 13.2. The molecule has 1 aliphatic rings. The summed E-state index contributed by atoms with van der Waals surface area (Å²) in [7, 11) is 0. The number of hydrogen-bond acceptors (Lipinski definition) is 7. The number of carboxylic acids is 1. The molecule has 0 spiro atoms. The third-order valence-corrected chi connectivity index (χ3v) is 4.87. The van der Waals surface area contributed by atoms with E-state index >= 15 is 0 Å². The van der Waals surface area contributed by atoms with Crippen LogP contribution >= 0.6 is 27.3 Å². The molecule has 21 heavy (non-hydrogen) atoms. The van der Waals surface area contributed by atoms with Gasteiger partial charge >= 0.3 is 5.97 Å². The minimum atomic E-state index is -0.950. The minimum Gasteiger partial charge on any atom is -0.480 e. The Balaban J connectivity index is 1.74. The second kappa shape index (κ2) is 5.84. The lowest BCUT2D eigenvalue weighted by Gasteiger charge is -2.18. The summed E-state index contributed by atoms with van der Waals surface area (Å²) >= 11 is 4.84. The van der Waals surface area contributed by atoms with Gasteiger partial charge in [-0.3, -0.25) is 9.69 Å². The number of halogens is 1. The van der Waals surface area contributed by atoms with Gasteiger partial charge in [0, 0.05) is 13.0 Å². The molecule has 9 heteroatoms. The number of hydrogen-bond donors (Lipinski definition) is 2. The largest absolute Gasteiger partial charge is 0.480 e. The van der Waals surface area contributed by atoms with E-state index in [4.69, 9.17) is 9.52 Å². The number of likely N-dealkylation sites (tertiary alicyclic amines) is 1. The quantitative estimate of drug-likeness (QED) is 0.838. The second-order valence-electron chi connectivity index (χ2n) is 4.78. The number of thiophene rings is 1. The summed E-state index contributed by atoms with van der Waals surface area (Å²) in [5.74, 6) is -0.198. The van der Waals surface area contributed by atoms with E-state index in [1.165, 1.54) is 11.3 Å².